The molecular formula is C20H23N5O3. The highest BCUT2D eigenvalue weighted by atomic mass is 16.6. The smallest absolute Gasteiger partial charge is 0.293 e. The monoisotopic (exact) mass is 381 g/mol. The van der Waals surface area contributed by atoms with Gasteiger partial charge in [-0.3, -0.25) is 14.9 Å². The zero-order chi connectivity index (χ0) is 20.1. The molecule has 1 amide bonds. The Bertz CT molecular complexity index is 1010. The lowest BCUT2D eigenvalue weighted by molar-refractivity contribution is -0.384. The summed E-state index contributed by atoms with van der Waals surface area (Å²) in [6, 6.07) is 12.3. The number of nitro groups is 1. The predicted octanol–water partition coefficient (Wildman–Crippen LogP) is 4.10. The minimum Gasteiger partial charge on any atom is -0.356 e. The van der Waals surface area contributed by atoms with Crippen LogP contribution >= 0.6 is 0 Å². The maximum absolute atomic E-state index is 12.7. The van der Waals surface area contributed by atoms with Crippen LogP contribution in [0.4, 0.5) is 17.3 Å². The number of nitro benzene ring substituents is 1. The Labute approximate surface area is 162 Å². The number of para-hydroxylation sites is 2. The van der Waals surface area contributed by atoms with Crippen LogP contribution in [0.3, 0.4) is 0 Å². The van der Waals surface area contributed by atoms with Gasteiger partial charge in [0.2, 0.25) is 11.9 Å². The Kier molecular flexibility index (Phi) is 5.88. The summed E-state index contributed by atoms with van der Waals surface area (Å²) >= 11 is 0. The van der Waals surface area contributed by atoms with Crippen molar-refractivity contribution in [2.24, 2.45) is 0 Å². The van der Waals surface area contributed by atoms with Crippen molar-refractivity contribution in [3.8, 4) is 0 Å². The number of nitrogens with zero attached hydrogens (tertiary/aromatic N) is 3. The largest absolute Gasteiger partial charge is 0.356 e. The second-order valence-electron chi connectivity index (χ2n) is 6.62. The maximum Gasteiger partial charge on any atom is 0.293 e. The average molecular weight is 381 g/mol. The molecule has 1 aromatic heterocycles. The molecule has 1 heterocycles. The van der Waals surface area contributed by atoms with Crippen molar-refractivity contribution in [2.75, 3.05) is 17.2 Å². The molecule has 0 spiro atoms. The number of unbranched alkanes of at least 4 members (excludes halogenated alkanes) is 1. The normalized spacial score (nSPS) is 10.8. The third kappa shape index (κ3) is 4.28. The Morgan fingerprint density at radius 1 is 1.25 bits per heavy atom. The average Bonchev–Trinajstić information content (AvgIpc) is 3.01. The van der Waals surface area contributed by atoms with Crippen LogP contribution < -0.4 is 10.6 Å². The van der Waals surface area contributed by atoms with Crippen LogP contribution in [-0.2, 0) is 11.3 Å². The molecule has 3 aromatic rings. The van der Waals surface area contributed by atoms with Gasteiger partial charge in [0.25, 0.3) is 5.69 Å². The topological polar surface area (TPSA) is 102 Å². The van der Waals surface area contributed by atoms with Gasteiger partial charge in [-0.15, -0.1) is 0 Å². The van der Waals surface area contributed by atoms with Gasteiger partial charge in [-0.25, -0.2) is 4.98 Å². The van der Waals surface area contributed by atoms with Gasteiger partial charge in [-0.2, -0.15) is 0 Å². The van der Waals surface area contributed by atoms with Crippen LogP contribution in [-0.4, -0.2) is 26.9 Å². The predicted molar refractivity (Wildman–Crippen MR) is 110 cm³/mol. The number of hydrogen-bond donors (Lipinski definition) is 2. The lowest BCUT2D eigenvalue weighted by Gasteiger charge is -2.11. The van der Waals surface area contributed by atoms with E-state index in [-0.39, 0.29) is 23.8 Å². The third-order valence-electron chi connectivity index (χ3n) is 4.39. The van der Waals surface area contributed by atoms with Gasteiger partial charge in [0.15, 0.2) is 0 Å². The number of carbonyl (C=O) groups excluding carboxylic acids is 1. The second-order valence-corrected chi connectivity index (χ2v) is 6.62. The van der Waals surface area contributed by atoms with Crippen LogP contribution in [0.1, 0.15) is 25.3 Å². The van der Waals surface area contributed by atoms with Crippen molar-refractivity contribution >= 4 is 34.3 Å². The number of aryl methyl sites for hydroxylation is 1. The molecule has 0 unspecified atom stereocenters. The fourth-order valence-corrected chi connectivity index (χ4v) is 2.98. The van der Waals surface area contributed by atoms with E-state index in [1.54, 1.807) is 23.6 Å². The van der Waals surface area contributed by atoms with E-state index in [0.717, 1.165) is 36.0 Å². The van der Waals surface area contributed by atoms with E-state index in [4.69, 9.17) is 0 Å². The summed E-state index contributed by atoms with van der Waals surface area (Å²) in [6.07, 6.45) is 2.04. The van der Waals surface area contributed by atoms with E-state index in [2.05, 4.69) is 22.5 Å². The molecule has 0 saturated carbocycles. The number of imidazole rings is 1. The number of benzene rings is 2. The first-order valence-corrected chi connectivity index (χ1v) is 9.23. The van der Waals surface area contributed by atoms with Gasteiger partial charge in [0, 0.05) is 12.6 Å². The molecule has 0 radical (unpaired) electrons. The maximum atomic E-state index is 12.7. The molecule has 3 rings (SSSR count). The summed E-state index contributed by atoms with van der Waals surface area (Å²) in [5, 5.41) is 17.2. The van der Waals surface area contributed by atoms with Crippen LogP contribution in [0.25, 0.3) is 11.0 Å². The zero-order valence-corrected chi connectivity index (χ0v) is 15.9. The van der Waals surface area contributed by atoms with Gasteiger partial charge in [0.1, 0.15) is 12.2 Å². The molecule has 0 aliphatic rings. The summed E-state index contributed by atoms with van der Waals surface area (Å²) in [6.45, 7) is 4.63. The van der Waals surface area contributed by atoms with Crippen molar-refractivity contribution in [3.63, 3.8) is 0 Å². The van der Waals surface area contributed by atoms with Gasteiger partial charge < -0.3 is 15.2 Å². The van der Waals surface area contributed by atoms with Crippen molar-refractivity contribution in [1.82, 2.24) is 9.55 Å². The van der Waals surface area contributed by atoms with Crippen LogP contribution in [0.15, 0.2) is 42.5 Å². The zero-order valence-electron chi connectivity index (χ0n) is 15.9. The third-order valence-corrected chi connectivity index (χ3v) is 4.39. The molecule has 0 aliphatic heterocycles. The molecule has 0 aliphatic carbocycles. The lowest BCUT2D eigenvalue weighted by atomic mass is 10.2. The van der Waals surface area contributed by atoms with E-state index in [0.29, 0.717) is 5.95 Å². The number of hydrogen-bond acceptors (Lipinski definition) is 5. The molecule has 2 N–H and O–H groups in total. The Hall–Kier alpha value is -3.42. The van der Waals surface area contributed by atoms with Crippen molar-refractivity contribution in [3.05, 3.63) is 58.1 Å². The first-order chi connectivity index (χ1) is 13.5. The highest BCUT2D eigenvalue weighted by Crippen LogP contribution is 2.26. The number of carbonyl (C=O) groups is 1. The van der Waals surface area contributed by atoms with E-state index >= 15 is 0 Å². The molecule has 146 valence electrons. The first kappa shape index (κ1) is 19.3. The minimum atomic E-state index is -0.493. The number of aromatic nitrogens is 2. The molecule has 0 saturated heterocycles. The molecular weight excluding hydrogens is 358 g/mol. The summed E-state index contributed by atoms with van der Waals surface area (Å²) in [5.74, 6) is 0.261. The van der Waals surface area contributed by atoms with Gasteiger partial charge in [0.05, 0.1) is 16.0 Å². The summed E-state index contributed by atoms with van der Waals surface area (Å²) in [4.78, 5) is 28.0. The van der Waals surface area contributed by atoms with E-state index < -0.39 is 4.92 Å². The van der Waals surface area contributed by atoms with Crippen LogP contribution in [0, 0.1) is 17.0 Å². The number of nitrogens with one attached hydrogen (secondary N) is 2. The SMILES string of the molecule is CCCCNc1nc2ccccc2n1CC(=O)Nc1ccc(C)cc1[N+](=O)[O-]. The fourth-order valence-electron chi connectivity index (χ4n) is 2.98. The molecule has 0 fully saturated rings. The van der Waals surface area contributed by atoms with Gasteiger partial charge in [-0.05, 0) is 37.1 Å². The molecule has 28 heavy (non-hydrogen) atoms. The molecule has 0 bridgehead atoms. The van der Waals surface area contributed by atoms with Crippen molar-refractivity contribution < 1.29 is 9.72 Å². The highest BCUT2D eigenvalue weighted by Gasteiger charge is 2.18. The number of anilines is 2. The Morgan fingerprint density at radius 3 is 2.79 bits per heavy atom. The molecule has 8 nitrogen and oxygen atoms in total. The summed E-state index contributed by atoms with van der Waals surface area (Å²) in [7, 11) is 0. The number of fused-ring (bicyclic) bond motifs is 1. The second kappa shape index (κ2) is 8.51. The van der Waals surface area contributed by atoms with Crippen molar-refractivity contribution in [2.45, 2.75) is 33.2 Å². The van der Waals surface area contributed by atoms with Gasteiger partial charge >= 0.3 is 0 Å². The number of amides is 1. The van der Waals surface area contributed by atoms with E-state index in [9.17, 15) is 14.9 Å². The van der Waals surface area contributed by atoms with Crippen molar-refractivity contribution in [1.29, 1.82) is 0 Å². The van der Waals surface area contributed by atoms with E-state index in [1.807, 2.05) is 24.3 Å². The summed E-state index contributed by atoms with van der Waals surface area (Å²) < 4.78 is 1.79. The Morgan fingerprint density at radius 2 is 2.04 bits per heavy atom. The Balaban J connectivity index is 1.85. The van der Waals surface area contributed by atoms with E-state index in [1.165, 1.54) is 6.07 Å². The number of rotatable bonds is 8. The molecule has 2 aromatic carbocycles. The standard InChI is InChI=1S/C20H23N5O3/c1-3-4-11-21-20-23-15-7-5-6-8-17(15)24(20)13-19(26)22-16-10-9-14(2)12-18(16)25(27)28/h5-10,12H,3-4,11,13H2,1-2H3,(H,21,23)(H,22,26). The lowest BCUT2D eigenvalue weighted by Crippen LogP contribution is -2.21. The minimum absolute atomic E-state index is 0.00000236. The molecule has 0 atom stereocenters. The highest BCUT2D eigenvalue weighted by molar-refractivity contribution is 5.94. The first-order valence-electron chi connectivity index (χ1n) is 9.23. The molecule has 8 heteroatoms. The van der Waals surface area contributed by atoms with Crippen LogP contribution in [0.2, 0.25) is 0 Å². The fraction of sp³-hybridized carbons (Fsp3) is 0.300. The quantitative estimate of drug-likeness (QED) is 0.347. The summed E-state index contributed by atoms with van der Waals surface area (Å²) in [5.41, 5.74) is 2.44. The van der Waals surface area contributed by atoms with Gasteiger partial charge in [-0.1, -0.05) is 31.5 Å². The van der Waals surface area contributed by atoms with Crippen LogP contribution in [0.5, 0.6) is 0 Å².